The number of benzene rings is 1. The molecule has 0 fully saturated rings. The zero-order valence-corrected chi connectivity index (χ0v) is 9.61. The van der Waals surface area contributed by atoms with Gasteiger partial charge in [0.15, 0.2) is 0 Å². The van der Waals surface area contributed by atoms with Crippen molar-refractivity contribution in [2.45, 2.75) is 5.92 Å². The first-order chi connectivity index (χ1) is 8.16. The molecule has 0 saturated heterocycles. The highest BCUT2D eigenvalue weighted by molar-refractivity contribution is 5.31. The number of hydrogen-bond acceptors (Lipinski definition) is 2. The molecule has 1 unspecified atom stereocenters. The van der Waals surface area contributed by atoms with Crippen LogP contribution in [0.25, 0.3) is 0 Å². The minimum absolute atomic E-state index is 0.0754. The summed E-state index contributed by atoms with van der Waals surface area (Å²) in [6.45, 7) is -0.0754. The third-order valence-electron chi connectivity index (χ3n) is 2.79. The summed E-state index contributed by atoms with van der Waals surface area (Å²) in [5.41, 5.74) is 1.96. The maximum absolute atomic E-state index is 10.8. The van der Waals surface area contributed by atoms with Crippen LogP contribution < -0.4 is 0 Å². The zero-order valence-electron chi connectivity index (χ0n) is 9.61. The van der Waals surface area contributed by atoms with E-state index >= 15 is 0 Å². The molecule has 0 saturated carbocycles. The second kappa shape index (κ2) is 4.82. The van der Waals surface area contributed by atoms with Crippen LogP contribution in [-0.2, 0) is 7.05 Å². The number of aromatic nitrogens is 1. The fourth-order valence-corrected chi connectivity index (χ4v) is 1.97. The van der Waals surface area contributed by atoms with Crippen LogP contribution in [0.15, 0.2) is 48.8 Å². The smallest absolute Gasteiger partial charge is 0.214 e. The molecule has 88 valence electrons. The van der Waals surface area contributed by atoms with E-state index in [-0.39, 0.29) is 17.4 Å². The van der Waals surface area contributed by atoms with Crippen molar-refractivity contribution in [3.63, 3.8) is 0 Å². The first-order valence-corrected chi connectivity index (χ1v) is 5.45. The Labute approximate surface area is 99.7 Å². The fraction of sp³-hybridized carbons (Fsp3) is 0.231. The van der Waals surface area contributed by atoms with Crippen LogP contribution in [0.1, 0.15) is 17.0 Å². The largest absolute Gasteiger partial charge is 0.357 e. The Hall–Kier alpha value is -2.10. The Kier molecular flexibility index (Phi) is 3.23. The average Bonchev–Trinajstić information content (AvgIpc) is 2.73. The van der Waals surface area contributed by atoms with Crippen LogP contribution >= 0.6 is 0 Å². The molecular formula is C13H14N2O2. The van der Waals surface area contributed by atoms with Gasteiger partial charge in [-0.15, -0.1) is 0 Å². The molecule has 0 bridgehead atoms. The molecule has 0 aliphatic rings. The van der Waals surface area contributed by atoms with Crippen molar-refractivity contribution in [3.8, 4) is 0 Å². The molecule has 2 aromatic rings. The van der Waals surface area contributed by atoms with Gasteiger partial charge in [0.2, 0.25) is 6.54 Å². The molecule has 1 heterocycles. The fourth-order valence-electron chi connectivity index (χ4n) is 1.97. The maximum Gasteiger partial charge on any atom is 0.214 e. The van der Waals surface area contributed by atoms with Gasteiger partial charge in [0.05, 0.1) is 5.92 Å². The van der Waals surface area contributed by atoms with Crippen molar-refractivity contribution >= 4 is 0 Å². The highest BCUT2D eigenvalue weighted by Crippen LogP contribution is 2.24. The number of nitrogens with zero attached hydrogens (tertiary/aromatic N) is 2. The minimum atomic E-state index is -0.259. The van der Waals surface area contributed by atoms with Crippen LogP contribution in [0.4, 0.5) is 0 Å². The second-order valence-electron chi connectivity index (χ2n) is 4.09. The van der Waals surface area contributed by atoms with Crippen LogP contribution in [0.5, 0.6) is 0 Å². The lowest BCUT2D eigenvalue weighted by atomic mass is 9.93. The highest BCUT2D eigenvalue weighted by atomic mass is 16.6. The molecule has 0 radical (unpaired) electrons. The van der Waals surface area contributed by atoms with Gasteiger partial charge in [-0.1, -0.05) is 30.3 Å². The van der Waals surface area contributed by atoms with E-state index in [2.05, 4.69) is 0 Å². The summed E-state index contributed by atoms with van der Waals surface area (Å²) in [5, 5.41) is 10.8. The third-order valence-corrected chi connectivity index (χ3v) is 2.79. The number of aryl methyl sites for hydroxylation is 1. The van der Waals surface area contributed by atoms with Gasteiger partial charge in [-0.25, -0.2) is 0 Å². The van der Waals surface area contributed by atoms with Gasteiger partial charge in [-0.3, -0.25) is 10.1 Å². The van der Waals surface area contributed by atoms with E-state index in [4.69, 9.17) is 0 Å². The van der Waals surface area contributed by atoms with Crippen molar-refractivity contribution < 1.29 is 4.92 Å². The second-order valence-corrected chi connectivity index (χ2v) is 4.09. The number of rotatable bonds is 4. The van der Waals surface area contributed by atoms with E-state index in [0.717, 1.165) is 11.1 Å². The lowest BCUT2D eigenvalue weighted by molar-refractivity contribution is -0.481. The third kappa shape index (κ3) is 2.72. The normalized spacial score (nSPS) is 12.3. The Morgan fingerprint density at radius 2 is 1.94 bits per heavy atom. The van der Waals surface area contributed by atoms with Gasteiger partial charge in [0.25, 0.3) is 0 Å². The Morgan fingerprint density at radius 3 is 2.47 bits per heavy atom. The van der Waals surface area contributed by atoms with Crippen molar-refractivity contribution in [2.75, 3.05) is 6.54 Å². The molecule has 0 aliphatic carbocycles. The molecular weight excluding hydrogens is 216 g/mol. The van der Waals surface area contributed by atoms with Crippen LogP contribution in [0, 0.1) is 10.1 Å². The zero-order chi connectivity index (χ0) is 12.3. The lowest BCUT2D eigenvalue weighted by Gasteiger charge is -2.11. The quantitative estimate of drug-likeness (QED) is 0.598. The first kappa shape index (κ1) is 11.4. The van der Waals surface area contributed by atoms with Gasteiger partial charge in [0.1, 0.15) is 0 Å². The van der Waals surface area contributed by atoms with Gasteiger partial charge in [-0.2, -0.15) is 0 Å². The van der Waals surface area contributed by atoms with E-state index < -0.39 is 0 Å². The Balaban J connectivity index is 2.35. The molecule has 1 atom stereocenters. The summed E-state index contributed by atoms with van der Waals surface area (Å²) in [4.78, 5) is 10.5. The molecule has 4 heteroatoms. The summed E-state index contributed by atoms with van der Waals surface area (Å²) >= 11 is 0. The first-order valence-electron chi connectivity index (χ1n) is 5.45. The molecule has 0 N–H and O–H groups in total. The molecule has 4 nitrogen and oxygen atoms in total. The summed E-state index contributed by atoms with van der Waals surface area (Å²) in [7, 11) is 1.91. The molecule has 0 amide bonds. The highest BCUT2D eigenvalue weighted by Gasteiger charge is 2.20. The molecule has 0 aliphatic heterocycles. The Morgan fingerprint density at radius 1 is 1.24 bits per heavy atom. The van der Waals surface area contributed by atoms with Gasteiger partial charge >= 0.3 is 0 Å². The molecule has 1 aromatic heterocycles. The Bertz CT molecular complexity index is 505. The van der Waals surface area contributed by atoms with Crippen LogP contribution in [-0.4, -0.2) is 16.0 Å². The topological polar surface area (TPSA) is 48.1 Å². The van der Waals surface area contributed by atoms with E-state index in [1.165, 1.54) is 0 Å². The van der Waals surface area contributed by atoms with Crippen molar-refractivity contribution in [1.29, 1.82) is 0 Å². The number of hydrogen-bond donors (Lipinski definition) is 0. The van der Waals surface area contributed by atoms with E-state index in [0.29, 0.717) is 0 Å². The summed E-state index contributed by atoms with van der Waals surface area (Å²) in [6, 6.07) is 11.5. The van der Waals surface area contributed by atoms with Gasteiger partial charge < -0.3 is 4.57 Å². The van der Waals surface area contributed by atoms with Crippen molar-refractivity contribution in [1.82, 2.24) is 4.57 Å². The predicted molar refractivity (Wildman–Crippen MR) is 65.6 cm³/mol. The minimum Gasteiger partial charge on any atom is -0.357 e. The molecule has 1 aromatic carbocycles. The van der Waals surface area contributed by atoms with E-state index in [9.17, 15) is 10.1 Å². The molecule has 0 spiro atoms. The van der Waals surface area contributed by atoms with Gasteiger partial charge in [-0.05, 0) is 17.2 Å². The molecule has 17 heavy (non-hydrogen) atoms. The van der Waals surface area contributed by atoms with Crippen LogP contribution in [0.2, 0.25) is 0 Å². The predicted octanol–water partition coefficient (Wildman–Crippen LogP) is 2.43. The van der Waals surface area contributed by atoms with E-state index in [1.807, 2.05) is 60.4 Å². The lowest BCUT2D eigenvalue weighted by Crippen LogP contribution is -2.13. The average molecular weight is 230 g/mol. The molecule has 2 rings (SSSR count). The van der Waals surface area contributed by atoms with E-state index in [1.54, 1.807) is 0 Å². The van der Waals surface area contributed by atoms with Crippen molar-refractivity contribution in [3.05, 3.63) is 70.0 Å². The standard InChI is InChI=1S/C13H14N2O2/c1-14-8-7-12(9-14)13(10-15(16)17)11-5-3-2-4-6-11/h2-9,13H,10H2,1H3. The monoisotopic (exact) mass is 230 g/mol. The summed E-state index contributed by atoms with van der Waals surface area (Å²) < 4.78 is 1.91. The summed E-state index contributed by atoms with van der Waals surface area (Å²) in [6.07, 6.45) is 3.84. The summed E-state index contributed by atoms with van der Waals surface area (Å²) in [5.74, 6) is -0.174. The van der Waals surface area contributed by atoms with Gasteiger partial charge in [0, 0.05) is 24.4 Å². The van der Waals surface area contributed by atoms with Crippen molar-refractivity contribution in [2.24, 2.45) is 7.05 Å². The SMILES string of the molecule is Cn1ccc(C(C[N+](=O)[O-])c2ccccc2)c1. The maximum atomic E-state index is 10.8. The van der Waals surface area contributed by atoms with Crippen LogP contribution in [0.3, 0.4) is 0 Å². The number of nitro groups is 1.